The predicted molar refractivity (Wildman–Crippen MR) is 149 cm³/mol. The molecule has 1 unspecified atom stereocenters. The van der Waals surface area contributed by atoms with Crippen LogP contribution in [0, 0.1) is 5.92 Å². The van der Waals surface area contributed by atoms with Gasteiger partial charge >= 0.3 is 0 Å². The van der Waals surface area contributed by atoms with Gasteiger partial charge in [0.15, 0.2) is 0 Å². The number of nitrogens with one attached hydrogen (secondary N) is 2. The van der Waals surface area contributed by atoms with E-state index in [0.29, 0.717) is 23.6 Å². The average molecular weight is 524 g/mol. The minimum Gasteiger partial charge on any atom is -0.490 e. The molecular weight excluding hydrogens is 490 g/mol. The lowest BCUT2D eigenvalue weighted by molar-refractivity contribution is -0.0879. The molecule has 3 fully saturated rings. The third kappa shape index (κ3) is 4.90. The molecule has 2 saturated heterocycles. The highest BCUT2D eigenvalue weighted by Gasteiger charge is 2.38. The van der Waals surface area contributed by atoms with Crippen molar-refractivity contribution in [2.45, 2.75) is 49.9 Å². The molecule has 0 radical (unpaired) electrons. The first kappa shape index (κ1) is 24.3. The van der Waals surface area contributed by atoms with E-state index in [-0.39, 0.29) is 18.1 Å². The number of H-pyrrole nitrogens is 1. The maximum atomic E-state index is 13.3. The molecule has 1 aliphatic carbocycles. The summed E-state index contributed by atoms with van der Waals surface area (Å²) in [6.45, 7) is 1.56. The van der Waals surface area contributed by atoms with E-state index in [1.54, 1.807) is 6.20 Å². The molecule has 0 spiro atoms. The van der Waals surface area contributed by atoms with Gasteiger partial charge in [-0.15, -0.1) is 0 Å². The zero-order valence-corrected chi connectivity index (χ0v) is 22.0. The number of aromatic amines is 1. The third-order valence-electron chi connectivity index (χ3n) is 8.48. The van der Waals surface area contributed by atoms with Gasteiger partial charge in [0, 0.05) is 47.6 Å². The number of hydrogen-bond acceptors (Lipinski definition) is 6. The van der Waals surface area contributed by atoms with Crippen LogP contribution in [0.1, 0.15) is 47.8 Å². The fraction of sp³-hybridized carbons (Fsp3) is 0.387. The van der Waals surface area contributed by atoms with Crippen LogP contribution in [0.3, 0.4) is 0 Å². The number of benzene rings is 2. The van der Waals surface area contributed by atoms with Gasteiger partial charge in [-0.25, -0.2) is 0 Å². The van der Waals surface area contributed by atoms with E-state index in [2.05, 4.69) is 32.4 Å². The minimum absolute atomic E-state index is 0.0672. The summed E-state index contributed by atoms with van der Waals surface area (Å²) in [5.41, 5.74) is 4.22. The molecule has 4 aromatic rings. The Kier molecular flexibility index (Phi) is 6.29. The molecule has 7 rings (SSSR count). The van der Waals surface area contributed by atoms with Crippen molar-refractivity contribution >= 4 is 16.8 Å². The number of ether oxygens (including phenoxy) is 2. The number of carbonyl (C=O) groups is 1. The van der Waals surface area contributed by atoms with Crippen molar-refractivity contribution < 1.29 is 14.3 Å². The standard InChI is InChI=1S/C31H33N5O3/c1-36-22-15-25(16-23(36)18-38-17-22)39-24-10-7-19(8-11-24)29-26-14-21(9-12-27(26)34-35-29)31(37)33-30(20-5-6-20)28-4-2-3-13-32-28/h2-4,7-14,20,22-23,25,30H,5-6,15-18H2,1H3,(H,33,37)(H,34,35)/t22-,23+,25?,30-/m0/s1. The fourth-order valence-electron chi connectivity index (χ4n) is 6.05. The lowest BCUT2D eigenvalue weighted by Gasteiger charge is -2.46. The third-order valence-corrected chi connectivity index (χ3v) is 8.48. The molecule has 39 heavy (non-hydrogen) atoms. The topological polar surface area (TPSA) is 92.4 Å². The van der Waals surface area contributed by atoms with E-state index in [4.69, 9.17) is 9.47 Å². The van der Waals surface area contributed by atoms with Gasteiger partial charge < -0.3 is 14.8 Å². The summed E-state index contributed by atoms with van der Waals surface area (Å²) in [4.78, 5) is 20.2. The Labute approximate surface area is 227 Å². The number of morpholine rings is 1. The van der Waals surface area contributed by atoms with Crippen molar-refractivity contribution in [3.63, 3.8) is 0 Å². The minimum atomic E-state index is -0.0938. The highest BCUT2D eigenvalue weighted by atomic mass is 16.5. The summed E-state index contributed by atoms with van der Waals surface area (Å²) in [6, 6.07) is 20.5. The van der Waals surface area contributed by atoms with E-state index < -0.39 is 0 Å². The van der Waals surface area contributed by atoms with E-state index in [1.165, 1.54) is 0 Å². The van der Waals surface area contributed by atoms with Gasteiger partial charge in [-0.1, -0.05) is 6.07 Å². The van der Waals surface area contributed by atoms with Crippen LogP contribution in [0.4, 0.5) is 0 Å². The van der Waals surface area contributed by atoms with Gasteiger partial charge in [-0.05, 0) is 80.4 Å². The van der Waals surface area contributed by atoms with Crippen LogP contribution in [0.2, 0.25) is 0 Å². The van der Waals surface area contributed by atoms with Crippen LogP contribution in [0.15, 0.2) is 66.9 Å². The van der Waals surface area contributed by atoms with Crippen LogP contribution >= 0.6 is 0 Å². The molecule has 2 aromatic heterocycles. The Hall–Kier alpha value is -3.75. The Morgan fingerprint density at radius 1 is 1.08 bits per heavy atom. The predicted octanol–water partition coefficient (Wildman–Crippen LogP) is 4.75. The molecule has 1 saturated carbocycles. The summed E-state index contributed by atoms with van der Waals surface area (Å²) in [5, 5.41) is 11.8. The average Bonchev–Trinajstić information content (AvgIpc) is 3.71. The highest BCUT2D eigenvalue weighted by molar-refractivity contribution is 6.01. The molecule has 2 aliphatic heterocycles. The Morgan fingerprint density at radius 3 is 2.59 bits per heavy atom. The van der Waals surface area contributed by atoms with Gasteiger partial charge in [0.2, 0.25) is 0 Å². The molecule has 2 N–H and O–H groups in total. The molecule has 8 nitrogen and oxygen atoms in total. The lowest BCUT2D eigenvalue weighted by atomic mass is 9.92. The molecule has 2 bridgehead atoms. The number of pyridine rings is 1. The first-order valence-electron chi connectivity index (χ1n) is 13.9. The molecule has 2 aromatic carbocycles. The summed E-state index contributed by atoms with van der Waals surface area (Å²) in [5.74, 6) is 1.22. The van der Waals surface area contributed by atoms with Crippen LogP contribution in [0.5, 0.6) is 5.75 Å². The first-order valence-corrected chi connectivity index (χ1v) is 13.9. The van der Waals surface area contributed by atoms with E-state index >= 15 is 0 Å². The number of amides is 1. The van der Waals surface area contributed by atoms with E-state index in [0.717, 1.165) is 72.5 Å². The van der Waals surface area contributed by atoms with Crippen LogP contribution in [-0.4, -0.2) is 64.4 Å². The SMILES string of the molecule is CN1[C@@H]2COC[C@H]1CC(Oc1ccc(-c3n[nH]c4ccc(C(=O)N[C@H](c5ccccn5)C5CC5)cc34)cc1)C2. The summed E-state index contributed by atoms with van der Waals surface area (Å²) < 4.78 is 12.1. The van der Waals surface area contributed by atoms with Gasteiger partial charge in [0.25, 0.3) is 5.91 Å². The van der Waals surface area contributed by atoms with Crippen LogP contribution < -0.4 is 10.1 Å². The number of piperidine rings is 1. The largest absolute Gasteiger partial charge is 0.490 e. The second kappa shape index (κ2) is 10.1. The van der Waals surface area contributed by atoms with Crippen LogP contribution in [-0.2, 0) is 4.74 Å². The Morgan fingerprint density at radius 2 is 1.87 bits per heavy atom. The second-order valence-corrected chi connectivity index (χ2v) is 11.1. The Bertz CT molecular complexity index is 1450. The van der Waals surface area contributed by atoms with Gasteiger partial charge in [-0.2, -0.15) is 5.10 Å². The number of nitrogens with zero attached hydrogens (tertiary/aromatic N) is 3. The normalized spacial score (nSPS) is 23.9. The summed E-state index contributed by atoms with van der Waals surface area (Å²) in [6.07, 6.45) is 6.16. The fourth-order valence-corrected chi connectivity index (χ4v) is 6.05. The molecular formula is C31H33N5O3. The first-order chi connectivity index (χ1) is 19.1. The number of rotatable bonds is 7. The molecule has 4 atom stereocenters. The second-order valence-electron chi connectivity index (χ2n) is 11.1. The van der Waals surface area contributed by atoms with Crippen molar-refractivity contribution in [3.05, 3.63) is 78.1 Å². The maximum Gasteiger partial charge on any atom is 0.251 e. The quantitative estimate of drug-likeness (QED) is 0.363. The summed E-state index contributed by atoms with van der Waals surface area (Å²) in [7, 11) is 2.19. The van der Waals surface area contributed by atoms with E-state index in [9.17, 15) is 4.79 Å². The van der Waals surface area contributed by atoms with Gasteiger partial charge in [-0.3, -0.25) is 19.8 Å². The van der Waals surface area contributed by atoms with Gasteiger partial charge in [0.05, 0.1) is 36.2 Å². The number of fused-ring (bicyclic) bond motifs is 3. The van der Waals surface area contributed by atoms with Crippen molar-refractivity contribution in [2.24, 2.45) is 5.92 Å². The molecule has 3 aliphatic rings. The van der Waals surface area contributed by atoms with Crippen molar-refractivity contribution in [2.75, 3.05) is 20.3 Å². The van der Waals surface area contributed by atoms with Crippen molar-refractivity contribution in [1.29, 1.82) is 0 Å². The number of hydrogen-bond donors (Lipinski definition) is 2. The molecule has 8 heteroatoms. The van der Waals surface area contributed by atoms with Crippen molar-refractivity contribution in [1.82, 2.24) is 25.4 Å². The van der Waals surface area contributed by atoms with Gasteiger partial charge in [0.1, 0.15) is 11.9 Å². The molecule has 200 valence electrons. The summed E-state index contributed by atoms with van der Waals surface area (Å²) >= 11 is 0. The number of aromatic nitrogens is 3. The molecule has 1 amide bonds. The number of carbonyl (C=O) groups excluding carboxylic acids is 1. The monoisotopic (exact) mass is 523 g/mol. The van der Waals surface area contributed by atoms with Crippen molar-refractivity contribution in [3.8, 4) is 17.0 Å². The zero-order chi connectivity index (χ0) is 26.3. The maximum absolute atomic E-state index is 13.3. The lowest BCUT2D eigenvalue weighted by Crippen LogP contribution is -2.57. The van der Waals surface area contributed by atoms with Crippen LogP contribution in [0.25, 0.3) is 22.2 Å². The molecule has 4 heterocycles. The number of likely N-dealkylation sites (N-methyl/N-ethyl adjacent to an activating group) is 1. The van der Waals surface area contributed by atoms with E-state index in [1.807, 2.05) is 60.7 Å². The highest BCUT2D eigenvalue weighted by Crippen LogP contribution is 2.40. The zero-order valence-electron chi connectivity index (χ0n) is 22.0. The Balaban J connectivity index is 1.08. The smallest absolute Gasteiger partial charge is 0.251 e.